The molecule has 0 amide bonds. The molecule has 3 N–H and O–H groups in total. The number of aliphatic hydroxyl groups excluding tert-OH is 1. The zero-order chi connectivity index (χ0) is 8.43. The Balaban J connectivity index is 2.75. The summed E-state index contributed by atoms with van der Waals surface area (Å²) in [4.78, 5) is 20.9. The summed E-state index contributed by atoms with van der Waals surface area (Å²) in [6.45, 7) is -0.00331. The second-order valence-corrected chi connectivity index (χ2v) is 2.03. The van der Waals surface area contributed by atoms with E-state index in [-0.39, 0.29) is 18.8 Å². The maximum atomic E-state index is 10.6. The summed E-state index contributed by atoms with van der Waals surface area (Å²) >= 11 is 0. The molecule has 60 valence electrons. The monoisotopic (exact) mass is 157 g/mol. The number of hydrogen-bond acceptors (Lipinski definition) is 5. The second kappa shape index (κ2) is 2.71. The third-order valence-electron chi connectivity index (χ3n) is 1.30. The largest absolute Gasteiger partial charge is 0.502 e. The molecule has 5 heteroatoms. The molecule has 0 aliphatic rings. The molecule has 1 aromatic carbocycles. The van der Waals surface area contributed by atoms with Gasteiger partial charge in [-0.05, 0) is 0 Å². The van der Waals surface area contributed by atoms with Crippen molar-refractivity contribution in [3.8, 4) is 5.75 Å². The molecule has 1 rings (SSSR count). The first-order valence-electron chi connectivity index (χ1n) is 3.05. The van der Waals surface area contributed by atoms with Gasteiger partial charge in [0.25, 0.3) is 10.9 Å². The Labute approximate surface area is 61.6 Å². The molecule has 0 unspecified atom stereocenters. The van der Waals surface area contributed by atoms with Crippen molar-refractivity contribution in [2.75, 3.05) is 18.5 Å². The van der Waals surface area contributed by atoms with E-state index in [1.165, 1.54) is 0 Å². The van der Waals surface area contributed by atoms with E-state index in [0.717, 1.165) is 0 Å². The molecule has 0 heterocycles. The number of hydrogen-bond donors (Lipinski definition) is 3. The molecular weight excluding hydrogens is 150 g/mol. The average Bonchev–Trinajstić information content (AvgIpc) is 2.04. The van der Waals surface area contributed by atoms with Crippen molar-refractivity contribution in [2.45, 2.75) is 0 Å². The van der Waals surface area contributed by atoms with E-state index in [9.17, 15) is 9.59 Å². The van der Waals surface area contributed by atoms with Crippen molar-refractivity contribution in [1.82, 2.24) is 0 Å². The van der Waals surface area contributed by atoms with Gasteiger partial charge in [-0.25, -0.2) is 0 Å². The van der Waals surface area contributed by atoms with Crippen molar-refractivity contribution >= 4 is 5.69 Å². The summed E-state index contributed by atoms with van der Waals surface area (Å²) in [5, 5.41) is 19.5. The first kappa shape index (κ1) is 7.74. The molecule has 0 aliphatic heterocycles. The molecule has 0 bridgehead atoms. The standard InChI is InChI=1S/C6H7NO4/c8-2-1-7-3-4(9)6(11)5(3)10/h7-9H,1-2H2. The third kappa shape index (κ3) is 1.10. The van der Waals surface area contributed by atoms with Crippen molar-refractivity contribution < 1.29 is 10.2 Å². The lowest BCUT2D eigenvalue weighted by Gasteiger charge is -2.05. The van der Waals surface area contributed by atoms with Crippen LogP contribution in [0.25, 0.3) is 0 Å². The van der Waals surface area contributed by atoms with E-state index in [0.29, 0.717) is 0 Å². The Hall–Kier alpha value is -1.36. The molecule has 11 heavy (non-hydrogen) atoms. The normalized spacial score (nSPS) is 10.3. The fraction of sp³-hybridized carbons (Fsp3) is 0.333. The van der Waals surface area contributed by atoms with Gasteiger partial charge in [-0.3, -0.25) is 9.59 Å². The van der Waals surface area contributed by atoms with E-state index >= 15 is 0 Å². The lowest BCUT2D eigenvalue weighted by atomic mass is 10.2. The van der Waals surface area contributed by atoms with E-state index in [1.54, 1.807) is 0 Å². The molecule has 0 atom stereocenters. The van der Waals surface area contributed by atoms with Crippen molar-refractivity contribution in [1.29, 1.82) is 0 Å². The van der Waals surface area contributed by atoms with Gasteiger partial charge < -0.3 is 15.5 Å². The van der Waals surface area contributed by atoms with Gasteiger partial charge in [0, 0.05) is 6.54 Å². The van der Waals surface area contributed by atoms with Crippen molar-refractivity contribution in [2.24, 2.45) is 0 Å². The molecular formula is C6H7NO4. The Morgan fingerprint density at radius 1 is 1.27 bits per heavy atom. The number of aliphatic hydroxyl groups is 1. The van der Waals surface area contributed by atoms with Crippen LogP contribution in [0.3, 0.4) is 0 Å². The minimum absolute atomic E-state index is 0.0935. The summed E-state index contributed by atoms with van der Waals surface area (Å²) in [5.41, 5.74) is -1.69. The van der Waals surface area contributed by atoms with Gasteiger partial charge in [-0.1, -0.05) is 0 Å². The lowest BCUT2D eigenvalue weighted by Crippen LogP contribution is -2.33. The molecule has 0 saturated heterocycles. The maximum absolute atomic E-state index is 10.6. The summed E-state index contributed by atoms with van der Waals surface area (Å²) in [6.07, 6.45) is 0. The fourth-order valence-electron chi connectivity index (χ4n) is 0.725. The zero-order valence-corrected chi connectivity index (χ0v) is 5.63. The molecule has 0 aromatic heterocycles. The molecule has 0 radical (unpaired) electrons. The fourth-order valence-corrected chi connectivity index (χ4v) is 0.725. The first-order valence-corrected chi connectivity index (χ1v) is 3.05. The van der Waals surface area contributed by atoms with Crippen LogP contribution in [0.5, 0.6) is 5.75 Å². The van der Waals surface area contributed by atoms with Gasteiger partial charge in [0.15, 0.2) is 5.75 Å². The van der Waals surface area contributed by atoms with Crippen LogP contribution in [0.2, 0.25) is 0 Å². The quantitative estimate of drug-likeness (QED) is 0.459. The van der Waals surface area contributed by atoms with E-state index < -0.39 is 16.6 Å². The molecule has 0 spiro atoms. The number of anilines is 1. The van der Waals surface area contributed by atoms with E-state index in [4.69, 9.17) is 10.2 Å². The van der Waals surface area contributed by atoms with Gasteiger partial charge in [0.1, 0.15) is 5.69 Å². The highest BCUT2D eigenvalue weighted by Crippen LogP contribution is 2.13. The smallest absolute Gasteiger partial charge is 0.271 e. The van der Waals surface area contributed by atoms with Crippen LogP contribution in [0, 0.1) is 0 Å². The molecule has 0 aliphatic carbocycles. The van der Waals surface area contributed by atoms with Crippen LogP contribution in [0.1, 0.15) is 0 Å². The maximum Gasteiger partial charge on any atom is 0.271 e. The van der Waals surface area contributed by atoms with E-state index in [1.807, 2.05) is 0 Å². The van der Waals surface area contributed by atoms with Gasteiger partial charge in [-0.2, -0.15) is 0 Å². The molecule has 0 fully saturated rings. The van der Waals surface area contributed by atoms with E-state index in [2.05, 4.69) is 5.32 Å². The summed E-state index contributed by atoms with van der Waals surface area (Å²) in [6, 6.07) is 0. The van der Waals surface area contributed by atoms with Crippen LogP contribution in [0.4, 0.5) is 5.69 Å². The van der Waals surface area contributed by atoms with Crippen LogP contribution >= 0.6 is 0 Å². The number of rotatable bonds is 3. The first-order chi connectivity index (χ1) is 5.18. The van der Waals surface area contributed by atoms with Crippen molar-refractivity contribution in [3.05, 3.63) is 20.4 Å². The highest BCUT2D eigenvalue weighted by Gasteiger charge is 2.18. The minimum Gasteiger partial charge on any atom is -0.502 e. The number of nitrogens with one attached hydrogen (secondary N) is 1. The summed E-state index contributed by atoms with van der Waals surface area (Å²) in [5.74, 6) is -0.538. The van der Waals surface area contributed by atoms with Crippen molar-refractivity contribution in [3.63, 3.8) is 0 Å². The molecule has 5 nitrogen and oxygen atoms in total. The predicted molar refractivity (Wildman–Crippen MR) is 38.6 cm³/mol. The second-order valence-electron chi connectivity index (χ2n) is 2.03. The topological polar surface area (TPSA) is 86.6 Å². The highest BCUT2D eigenvalue weighted by atomic mass is 16.3. The van der Waals surface area contributed by atoms with Crippen LogP contribution in [0.15, 0.2) is 9.59 Å². The molecule has 1 aromatic rings. The van der Waals surface area contributed by atoms with Gasteiger partial charge in [0.2, 0.25) is 0 Å². The lowest BCUT2D eigenvalue weighted by molar-refractivity contribution is 0.310. The Bertz CT molecular complexity index is 323. The number of aromatic hydroxyl groups is 1. The SMILES string of the molecule is O=c1c(O)c(NCCO)c1=O. The Morgan fingerprint density at radius 3 is 2.36 bits per heavy atom. The van der Waals surface area contributed by atoms with Gasteiger partial charge in [0.05, 0.1) is 6.61 Å². The van der Waals surface area contributed by atoms with Crippen LogP contribution in [-0.4, -0.2) is 23.4 Å². The van der Waals surface area contributed by atoms with Crippen LogP contribution < -0.4 is 16.2 Å². The summed E-state index contributed by atoms with van der Waals surface area (Å²) in [7, 11) is 0. The third-order valence-corrected chi connectivity index (χ3v) is 1.30. The molecule has 0 saturated carbocycles. The average molecular weight is 157 g/mol. The van der Waals surface area contributed by atoms with Gasteiger partial charge in [-0.15, -0.1) is 0 Å². The van der Waals surface area contributed by atoms with Gasteiger partial charge >= 0.3 is 0 Å². The predicted octanol–water partition coefficient (Wildman–Crippen LogP) is -1.61. The van der Waals surface area contributed by atoms with Crippen LogP contribution in [-0.2, 0) is 0 Å². The zero-order valence-electron chi connectivity index (χ0n) is 5.63. The minimum atomic E-state index is -0.870. The highest BCUT2D eigenvalue weighted by molar-refractivity contribution is 5.60. The summed E-state index contributed by atoms with van der Waals surface area (Å²) < 4.78 is 0. The Morgan fingerprint density at radius 2 is 1.91 bits per heavy atom. The Kier molecular flexibility index (Phi) is 1.91.